The van der Waals surface area contributed by atoms with Crippen molar-refractivity contribution in [3.8, 4) is 11.1 Å². The Balaban J connectivity index is 1.08. The largest absolute Gasteiger partial charge is 0.444 e. The number of aryl methyl sites for hydroxylation is 1. The third-order valence-electron chi connectivity index (χ3n) is 8.93. The molecule has 7 nitrogen and oxygen atoms in total. The van der Waals surface area contributed by atoms with Crippen molar-refractivity contribution in [1.29, 1.82) is 0 Å². The van der Waals surface area contributed by atoms with Gasteiger partial charge in [0.05, 0.1) is 5.56 Å². The summed E-state index contributed by atoms with van der Waals surface area (Å²) in [5.41, 5.74) is 2.70. The molecule has 0 spiro atoms. The van der Waals surface area contributed by atoms with E-state index in [9.17, 15) is 22.8 Å². The van der Waals surface area contributed by atoms with Crippen molar-refractivity contribution in [2.24, 2.45) is 5.92 Å². The molecule has 1 N–H and O–H groups in total. The number of carbonyl (C=O) groups excluding carboxylic acids is 2. The molecule has 2 fully saturated rings. The summed E-state index contributed by atoms with van der Waals surface area (Å²) in [4.78, 5) is 31.7. The Morgan fingerprint density at radius 1 is 0.878 bits per heavy atom. The Hall–Kier alpha value is -3.86. The van der Waals surface area contributed by atoms with Crippen LogP contribution in [0.2, 0.25) is 0 Å². The van der Waals surface area contributed by atoms with Gasteiger partial charge in [-0.3, -0.25) is 4.79 Å². The number of piperidine rings is 1. The summed E-state index contributed by atoms with van der Waals surface area (Å²) in [5, 5.41) is 3.03. The van der Waals surface area contributed by atoms with Crippen LogP contribution in [-0.4, -0.2) is 79.0 Å². The van der Waals surface area contributed by atoms with Crippen molar-refractivity contribution in [3.05, 3.63) is 77.9 Å². The zero-order chi connectivity index (χ0) is 35.2. The molecular formula is C38H47F3N4O3S. The smallest absolute Gasteiger partial charge is 0.418 e. The number of amides is 2. The van der Waals surface area contributed by atoms with Crippen molar-refractivity contribution in [3.63, 3.8) is 0 Å². The highest BCUT2D eigenvalue weighted by Gasteiger charge is 2.36. The number of benzene rings is 3. The van der Waals surface area contributed by atoms with Gasteiger partial charge >= 0.3 is 12.3 Å². The molecule has 0 unspecified atom stereocenters. The van der Waals surface area contributed by atoms with Gasteiger partial charge in [-0.25, -0.2) is 4.79 Å². The van der Waals surface area contributed by atoms with Crippen LogP contribution in [0, 0.1) is 12.8 Å². The number of halogens is 3. The molecule has 49 heavy (non-hydrogen) atoms. The van der Waals surface area contributed by atoms with Crippen LogP contribution in [0.3, 0.4) is 0 Å². The van der Waals surface area contributed by atoms with Gasteiger partial charge in [-0.15, -0.1) is 11.8 Å². The third-order valence-corrected chi connectivity index (χ3v) is 10.2. The number of nitrogens with zero attached hydrogens (tertiary/aromatic N) is 3. The van der Waals surface area contributed by atoms with E-state index in [1.807, 2.05) is 16.7 Å². The van der Waals surface area contributed by atoms with Crippen LogP contribution >= 0.6 is 11.8 Å². The fourth-order valence-electron chi connectivity index (χ4n) is 6.20. The summed E-state index contributed by atoms with van der Waals surface area (Å²) in [6.45, 7) is 10.1. The van der Waals surface area contributed by atoms with Crippen molar-refractivity contribution >= 4 is 35.1 Å². The third kappa shape index (κ3) is 10.1. The molecule has 2 saturated heterocycles. The van der Waals surface area contributed by atoms with E-state index < -0.39 is 23.4 Å². The summed E-state index contributed by atoms with van der Waals surface area (Å²) >= 11 is 1.87. The zero-order valence-electron chi connectivity index (χ0n) is 28.8. The lowest BCUT2D eigenvalue weighted by molar-refractivity contribution is -0.137. The number of nitrogens with one attached hydrogen (secondary N) is 1. The van der Waals surface area contributed by atoms with Crippen LogP contribution < -0.4 is 10.2 Å². The first-order valence-corrected chi connectivity index (χ1v) is 18.0. The lowest BCUT2D eigenvalue weighted by Gasteiger charge is -2.37. The van der Waals surface area contributed by atoms with Crippen molar-refractivity contribution in [2.75, 3.05) is 61.8 Å². The van der Waals surface area contributed by atoms with E-state index in [0.29, 0.717) is 24.7 Å². The first kappa shape index (κ1) is 36.4. The van der Waals surface area contributed by atoms with Gasteiger partial charge < -0.3 is 24.8 Å². The Bertz CT molecular complexity index is 1580. The van der Waals surface area contributed by atoms with Crippen LogP contribution in [0.15, 0.2) is 71.6 Å². The van der Waals surface area contributed by atoms with Gasteiger partial charge in [-0.05, 0) is 81.8 Å². The van der Waals surface area contributed by atoms with E-state index in [1.165, 1.54) is 32.6 Å². The average Bonchev–Trinajstić information content (AvgIpc) is 3.07. The first-order chi connectivity index (χ1) is 23.3. The molecule has 2 aliphatic rings. The number of rotatable bonds is 9. The summed E-state index contributed by atoms with van der Waals surface area (Å²) in [6, 6.07) is 21.3. The standard InChI is InChI=1S/C38H47F3N4O3S/c1-27-9-11-29(12-10-27)31-7-5-6-8-34(31)49-26-28-16-19-44(20-17-28)35(46)15-18-42-30-13-14-33(32(25-30)38(39,40)41)43-21-23-45(24-22-43)36(47)48-37(2,3)4/h5-14,25,28,42H,15-24,26H2,1-4H3. The molecule has 11 heteroatoms. The lowest BCUT2D eigenvalue weighted by atomic mass is 9.99. The summed E-state index contributed by atoms with van der Waals surface area (Å²) < 4.78 is 47.9. The van der Waals surface area contributed by atoms with Crippen molar-refractivity contribution in [1.82, 2.24) is 9.80 Å². The molecule has 2 amide bonds. The predicted molar refractivity (Wildman–Crippen MR) is 191 cm³/mol. The highest BCUT2D eigenvalue weighted by atomic mass is 32.2. The number of carbonyl (C=O) groups is 2. The number of anilines is 2. The number of hydrogen-bond acceptors (Lipinski definition) is 6. The molecule has 3 aromatic rings. The van der Waals surface area contributed by atoms with Gasteiger partial charge in [-0.2, -0.15) is 13.2 Å². The highest BCUT2D eigenvalue weighted by Crippen LogP contribution is 2.39. The van der Waals surface area contributed by atoms with E-state index in [2.05, 4.69) is 60.8 Å². The Morgan fingerprint density at radius 2 is 1.55 bits per heavy atom. The molecule has 0 radical (unpaired) electrons. The first-order valence-electron chi connectivity index (χ1n) is 17.0. The fourth-order valence-corrected chi connectivity index (χ4v) is 7.46. The number of piperazine rings is 1. The summed E-state index contributed by atoms with van der Waals surface area (Å²) in [6.07, 6.45) is -2.95. The molecular weight excluding hydrogens is 650 g/mol. The van der Waals surface area contributed by atoms with E-state index in [-0.39, 0.29) is 50.7 Å². The molecule has 3 aromatic carbocycles. The highest BCUT2D eigenvalue weighted by molar-refractivity contribution is 7.99. The molecule has 2 aliphatic heterocycles. The van der Waals surface area contributed by atoms with E-state index >= 15 is 0 Å². The van der Waals surface area contributed by atoms with Crippen LogP contribution in [0.25, 0.3) is 11.1 Å². The van der Waals surface area contributed by atoms with Gasteiger partial charge in [0.1, 0.15) is 5.60 Å². The molecule has 0 atom stereocenters. The van der Waals surface area contributed by atoms with E-state index in [0.717, 1.165) is 24.7 Å². The molecule has 0 saturated carbocycles. The predicted octanol–water partition coefficient (Wildman–Crippen LogP) is 8.57. The van der Waals surface area contributed by atoms with Gasteiger partial charge in [0.15, 0.2) is 0 Å². The van der Waals surface area contributed by atoms with E-state index in [4.69, 9.17) is 4.74 Å². The van der Waals surface area contributed by atoms with Gasteiger partial charge in [0.2, 0.25) is 5.91 Å². The summed E-state index contributed by atoms with van der Waals surface area (Å²) in [7, 11) is 0. The quantitative estimate of drug-likeness (QED) is 0.226. The second kappa shape index (κ2) is 15.8. The molecule has 0 aliphatic carbocycles. The second-order valence-electron chi connectivity index (χ2n) is 13.9. The number of thioether (sulfide) groups is 1. The van der Waals surface area contributed by atoms with Crippen LogP contribution in [0.5, 0.6) is 0 Å². The Kier molecular flexibility index (Phi) is 11.7. The number of likely N-dealkylation sites (tertiary alicyclic amines) is 1. The SMILES string of the molecule is Cc1ccc(-c2ccccc2SCC2CCN(C(=O)CCNc3ccc(N4CCN(C(=O)OC(C)(C)C)CC4)c(C(F)(F)F)c3)CC2)cc1. The Labute approximate surface area is 292 Å². The fraction of sp³-hybridized carbons (Fsp3) is 0.474. The minimum absolute atomic E-state index is 0.0128. The van der Waals surface area contributed by atoms with Crippen LogP contribution in [-0.2, 0) is 15.7 Å². The molecule has 0 bridgehead atoms. The van der Waals surface area contributed by atoms with Crippen LogP contribution in [0.4, 0.5) is 29.3 Å². The topological polar surface area (TPSA) is 65.1 Å². The maximum atomic E-state index is 14.2. The summed E-state index contributed by atoms with van der Waals surface area (Å²) in [5.74, 6) is 1.51. The maximum absolute atomic E-state index is 14.2. The monoisotopic (exact) mass is 696 g/mol. The molecule has 264 valence electrons. The number of hydrogen-bond donors (Lipinski definition) is 1. The van der Waals surface area contributed by atoms with Gasteiger partial charge in [-0.1, -0.05) is 48.0 Å². The van der Waals surface area contributed by atoms with Gasteiger partial charge in [0, 0.05) is 74.3 Å². The minimum atomic E-state index is -4.56. The van der Waals surface area contributed by atoms with Crippen molar-refractivity contribution in [2.45, 2.75) is 63.6 Å². The zero-order valence-corrected chi connectivity index (χ0v) is 29.6. The normalized spacial score (nSPS) is 16.1. The Morgan fingerprint density at radius 3 is 2.20 bits per heavy atom. The van der Waals surface area contributed by atoms with Gasteiger partial charge in [0.25, 0.3) is 0 Å². The molecule has 5 rings (SSSR count). The number of alkyl halides is 3. The average molecular weight is 697 g/mol. The van der Waals surface area contributed by atoms with E-state index in [1.54, 1.807) is 31.7 Å². The lowest BCUT2D eigenvalue weighted by Crippen LogP contribution is -2.50. The number of ether oxygens (including phenoxy) is 1. The van der Waals surface area contributed by atoms with Crippen molar-refractivity contribution < 1.29 is 27.5 Å². The van der Waals surface area contributed by atoms with Crippen LogP contribution in [0.1, 0.15) is 51.2 Å². The minimum Gasteiger partial charge on any atom is -0.444 e. The maximum Gasteiger partial charge on any atom is 0.418 e. The molecule has 0 aromatic heterocycles. The second-order valence-corrected chi connectivity index (χ2v) is 14.9. The molecule has 2 heterocycles.